The van der Waals surface area contributed by atoms with Crippen LogP contribution in [0.4, 0.5) is 5.00 Å². The van der Waals surface area contributed by atoms with Crippen LogP contribution in [0, 0.1) is 0 Å². The number of guanidine groups is 1. The van der Waals surface area contributed by atoms with Crippen LogP contribution in [0.15, 0.2) is 59.6 Å². The molecule has 0 saturated carbocycles. The molecule has 3 aromatic rings. The number of aromatic nitrogens is 3. The summed E-state index contributed by atoms with van der Waals surface area (Å²) in [6.45, 7) is 5.70. The van der Waals surface area contributed by atoms with Crippen LogP contribution in [0.5, 0.6) is 0 Å². The Kier molecular flexibility index (Phi) is 8.50. The van der Waals surface area contributed by atoms with Crippen molar-refractivity contribution in [2.24, 2.45) is 4.99 Å². The molecular formula is C21H28IN7S. The van der Waals surface area contributed by atoms with Crippen molar-refractivity contribution in [2.45, 2.75) is 32.4 Å². The lowest BCUT2D eigenvalue weighted by Gasteiger charge is -2.33. The van der Waals surface area contributed by atoms with Gasteiger partial charge in [-0.2, -0.15) is 0 Å². The van der Waals surface area contributed by atoms with Gasteiger partial charge in [0.05, 0.1) is 11.5 Å². The Balaban J connectivity index is 0.00000256. The average Bonchev–Trinajstić information content (AvgIpc) is 3.47. The Hall–Kier alpha value is -2.14. The van der Waals surface area contributed by atoms with Crippen molar-refractivity contribution in [3.05, 3.63) is 60.1 Å². The fourth-order valence-electron chi connectivity index (χ4n) is 3.44. The van der Waals surface area contributed by atoms with Crippen LogP contribution >= 0.6 is 35.3 Å². The summed E-state index contributed by atoms with van der Waals surface area (Å²) < 4.78 is 1.89. The molecule has 0 atom stereocenters. The number of aliphatic imine (C=N–C) groups is 1. The lowest BCUT2D eigenvalue weighted by molar-refractivity contribution is 0.463. The van der Waals surface area contributed by atoms with E-state index in [1.807, 2.05) is 34.4 Å². The molecule has 0 amide bonds. The molecule has 4 heterocycles. The highest BCUT2D eigenvalue weighted by Gasteiger charge is 2.20. The molecule has 3 aromatic heterocycles. The summed E-state index contributed by atoms with van der Waals surface area (Å²) in [5, 5.41) is 10.5. The number of hydrogen-bond donors (Lipinski definition) is 2. The minimum atomic E-state index is 0. The normalized spacial score (nSPS) is 15.0. The van der Waals surface area contributed by atoms with E-state index in [1.165, 1.54) is 5.00 Å². The molecule has 1 fully saturated rings. The average molecular weight is 537 g/mol. The number of imidazole rings is 1. The van der Waals surface area contributed by atoms with E-state index in [2.05, 4.69) is 56.0 Å². The van der Waals surface area contributed by atoms with Crippen molar-refractivity contribution in [1.29, 1.82) is 0 Å². The first-order chi connectivity index (χ1) is 14.3. The van der Waals surface area contributed by atoms with E-state index in [9.17, 15) is 0 Å². The van der Waals surface area contributed by atoms with Crippen molar-refractivity contribution < 1.29 is 0 Å². The molecule has 0 bridgehead atoms. The van der Waals surface area contributed by atoms with Crippen LogP contribution in [0.25, 0.3) is 5.82 Å². The number of pyridine rings is 1. The number of anilines is 1. The first-order valence-electron chi connectivity index (χ1n) is 10.1. The third-order valence-corrected chi connectivity index (χ3v) is 5.92. The maximum Gasteiger partial charge on any atom is 0.191 e. The topological polar surface area (TPSA) is 70.4 Å². The molecule has 2 N–H and O–H groups in total. The number of rotatable bonds is 6. The zero-order valence-electron chi connectivity index (χ0n) is 17.1. The second-order valence-electron chi connectivity index (χ2n) is 7.05. The molecule has 1 saturated heterocycles. The Morgan fingerprint density at radius 2 is 2.13 bits per heavy atom. The van der Waals surface area contributed by atoms with E-state index >= 15 is 0 Å². The lowest BCUT2D eigenvalue weighted by Crippen LogP contribution is -2.48. The Morgan fingerprint density at radius 3 is 2.77 bits per heavy atom. The van der Waals surface area contributed by atoms with Crippen LogP contribution in [0.2, 0.25) is 0 Å². The summed E-state index contributed by atoms with van der Waals surface area (Å²) in [7, 11) is 0. The number of nitrogens with one attached hydrogen (secondary N) is 2. The van der Waals surface area contributed by atoms with Crippen LogP contribution < -0.4 is 15.5 Å². The van der Waals surface area contributed by atoms with Gasteiger partial charge in [-0.25, -0.2) is 15.0 Å². The van der Waals surface area contributed by atoms with Crippen LogP contribution in [0.3, 0.4) is 0 Å². The largest absolute Gasteiger partial charge is 0.363 e. The molecule has 0 aromatic carbocycles. The zero-order chi connectivity index (χ0) is 19.9. The van der Waals surface area contributed by atoms with Gasteiger partial charge in [-0.15, -0.1) is 35.3 Å². The van der Waals surface area contributed by atoms with E-state index in [4.69, 9.17) is 4.99 Å². The number of nitrogens with zero attached hydrogens (tertiary/aromatic N) is 5. The van der Waals surface area contributed by atoms with Gasteiger partial charge in [-0.1, -0.05) is 6.07 Å². The highest BCUT2D eigenvalue weighted by molar-refractivity contribution is 14.0. The molecule has 0 spiro atoms. The van der Waals surface area contributed by atoms with Crippen molar-refractivity contribution in [3.8, 4) is 5.82 Å². The van der Waals surface area contributed by atoms with E-state index in [1.54, 1.807) is 12.5 Å². The zero-order valence-corrected chi connectivity index (χ0v) is 20.2. The summed E-state index contributed by atoms with van der Waals surface area (Å²) in [5.74, 6) is 1.73. The second-order valence-corrected chi connectivity index (χ2v) is 7.97. The van der Waals surface area contributed by atoms with Crippen molar-refractivity contribution >= 4 is 46.3 Å². The Labute approximate surface area is 198 Å². The van der Waals surface area contributed by atoms with Crippen molar-refractivity contribution in [1.82, 2.24) is 25.2 Å². The molecule has 9 heteroatoms. The monoisotopic (exact) mass is 537 g/mol. The minimum absolute atomic E-state index is 0. The summed E-state index contributed by atoms with van der Waals surface area (Å²) in [6.07, 6.45) is 9.49. The quantitative estimate of drug-likeness (QED) is 0.285. The summed E-state index contributed by atoms with van der Waals surface area (Å²) in [5.41, 5.74) is 1.08. The molecule has 7 nitrogen and oxygen atoms in total. The molecule has 30 heavy (non-hydrogen) atoms. The van der Waals surface area contributed by atoms with E-state index < -0.39 is 0 Å². The molecule has 0 aliphatic carbocycles. The van der Waals surface area contributed by atoms with Crippen LogP contribution in [-0.2, 0) is 6.54 Å². The number of piperidine rings is 1. The van der Waals surface area contributed by atoms with Gasteiger partial charge in [-0.3, -0.25) is 4.57 Å². The standard InChI is InChI=1S/C21H27N7S.HI/c1-2-23-21(26-18-7-10-27(11-8-18)20-4-3-13-29-20)25-15-17-5-6-19(24-14-17)28-12-9-22-16-28;/h3-6,9,12-14,16,18H,2,7-8,10-11,15H2,1H3,(H2,23,25,26);1H. The van der Waals surface area contributed by atoms with Gasteiger partial charge in [0.25, 0.3) is 0 Å². The molecule has 1 aliphatic rings. The smallest absolute Gasteiger partial charge is 0.191 e. The number of halogens is 1. The fraction of sp³-hybridized carbons (Fsp3) is 0.381. The Morgan fingerprint density at radius 1 is 1.27 bits per heavy atom. The highest BCUT2D eigenvalue weighted by atomic mass is 127. The molecule has 0 radical (unpaired) electrons. The van der Waals surface area contributed by atoms with Gasteiger partial charge in [0.1, 0.15) is 12.1 Å². The predicted molar refractivity (Wildman–Crippen MR) is 134 cm³/mol. The van der Waals surface area contributed by atoms with Gasteiger partial charge in [0, 0.05) is 44.3 Å². The minimum Gasteiger partial charge on any atom is -0.363 e. The molecular weight excluding hydrogens is 509 g/mol. The maximum absolute atomic E-state index is 4.76. The summed E-state index contributed by atoms with van der Waals surface area (Å²) in [4.78, 5) is 15.8. The summed E-state index contributed by atoms with van der Waals surface area (Å²) >= 11 is 1.82. The molecule has 0 unspecified atom stereocenters. The Bertz CT molecular complexity index is 886. The van der Waals surface area contributed by atoms with Gasteiger partial charge in [0.2, 0.25) is 0 Å². The predicted octanol–water partition coefficient (Wildman–Crippen LogP) is 3.67. The SMILES string of the molecule is CCNC(=NCc1ccc(-n2ccnc2)nc1)NC1CCN(c2cccs2)CC1.I. The first-order valence-corrected chi connectivity index (χ1v) is 11.0. The lowest BCUT2D eigenvalue weighted by atomic mass is 10.1. The van der Waals surface area contributed by atoms with E-state index in [0.717, 1.165) is 49.8 Å². The van der Waals surface area contributed by atoms with Gasteiger partial charge in [-0.05, 0) is 48.9 Å². The second kappa shape index (κ2) is 11.3. The number of hydrogen-bond acceptors (Lipinski definition) is 5. The highest BCUT2D eigenvalue weighted by Crippen LogP contribution is 2.24. The van der Waals surface area contributed by atoms with Gasteiger partial charge >= 0.3 is 0 Å². The fourth-order valence-corrected chi connectivity index (χ4v) is 4.22. The molecule has 4 rings (SSSR count). The van der Waals surface area contributed by atoms with E-state index in [0.29, 0.717) is 12.6 Å². The van der Waals surface area contributed by atoms with Crippen molar-refractivity contribution in [2.75, 3.05) is 24.5 Å². The first kappa shape index (κ1) is 22.5. The van der Waals surface area contributed by atoms with Crippen molar-refractivity contribution in [3.63, 3.8) is 0 Å². The van der Waals surface area contributed by atoms with Crippen LogP contribution in [0.1, 0.15) is 25.3 Å². The molecule has 1 aliphatic heterocycles. The molecule has 160 valence electrons. The maximum atomic E-state index is 4.76. The van der Waals surface area contributed by atoms with Gasteiger partial charge in [0.15, 0.2) is 5.96 Å². The third-order valence-electron chi connectivity index (χ3n) is 5.00. The van der Waals surface area contributed by atoms with E-state index in [-0.39, 0.29) is 24.0 Å². The summed E-state index contributed by atoms with van der Waals surface area (Å²) in [6, 6.07) is 8.83. The van der Waals surface area contributed by atoms with Gasteiger partial charge < -0.3 is 15.5 Å². The number of thiophene rings is 1. The van der Waals surface area contributed by atoms with Crippen LogP contribution in [-0.4, -0.2) is 46.2 Å². The third kappa shape index (κ3) is 5.94.